The number of likely N-dealkylation sites (N-methyl/N-ethyl adjacent to an activating group) is 1. The molecule has 94 valence electrons. The largest absolute Gasteiger partial charge is 0.480 e. The molecule has 3 nitrogen and oxygen atoms in total. The number of hydrogen-bond donors (Lipinski definition) is 1. The summed E-state index contributed by atoms with van der Waals surface area (Å²) in [7, 11) is 3.60. The van der Waals surface area contributed by atoms with Crippen molar-refractivity contribution in [2.24, 2.45) is 0 Å². The lowest BCUT2D eigenvalue weighted by atomic mass is 9.83. The van der Waals surface area contributed by atoms with Crippen molar-refractivity contribution in [2.45, 2.75) is 33.2 Å². The van der Waals surface area contributed by atoms with Crippen LogP contribution in [-0.2, 0) is 10.3 Å². The molecule has 0 saturated heterocycles. The number of rotatable bonds is 3. The van der Waals surface area contributed by atoms with Crippen LogP contribution in [0.2, 0.25) is 0 Å². The zero-order chi connectivity index (χ0) is 13.4. The first-order chi connectivity index (χ1) is 7.71. The number of carboxylic acid groups (broad SMARTS) is 1. The van der Waals surface area contributed by atoms with Crippen LogP contribution < -0.4 is 0 Å². The van der Waals surface area contributed by atoms with E-state index in [1.54, 1.807) is 25.9 Å². The molecule has 1 atom stereocenters. The van der Waals surface area contributed by atoms with Gasteiger partial charge in [-0.2, -0.15) is 0 Å². The molecular formula is C14H21NO2. The van der Waals surface area contributed by atoms with Crippen LogP contribution in [0.1, 0.15) is 29.2 Å². The van der Waals surface area contributed by atoms with Crippen LogP contribution in [0.25, 0.3) is 0 Å². The maximum atomic E-state index is 11.6. The lowest BCUT2D eigenvalue weighted by Gasteiger charge is -2.35. The van der Waals surface area contributed by atoms with E-state index in [-0.39, 0.29) is 0 Å². The summed E-state index contributed by atoms with van der Waals surface area (Å²) >= 11 is 0. The zero-order valence-electron chi connectivity index (χ0n) is 11.5. The second kappa shape index (κ2) is 4.49. The minimum atomic E-state index is -0.984. The van der Waals surface area contributed by atoms with Crippen LogP contribution in [-0.4, -0.2) is 30.1 Å². The third-order valence-electron chi connectivity index (χ3n) is 3.47. The summed E-state index contributed by atoms with van der Waals surface area (Å²) in [4.78, 5) is 13.4. The third kappa shape index (κ3) is 2.20. The van der Waals surface area contributed by atoms with Crippen molar-refractivity contribution in [1.29, 1.82) is 0 Å². The van der Waals surface area contributed by atoms with Gasteiger partial charge in [-0.3, -0.25) is 4.90 Å². The summed E-state index contributed by atoms with van der Waals surface area (Å²) in [5.74, 6) is -0.822. The molecule has 0 aromatic heterocycles. The SMILES string of the molecule is Cc1cc(C)c(C(C)(C(=O)O)N(C)C)c(C)c1. The molecule has 0 radical (unpaired) electrons. The highest BCUT2D eigenvalue weighted by Crippen LogP contribution is 2.32. The number of carbonyl (C=O) groups is 1. The Morgan fingerprint density at radius 1 is 1.18 bits per heavy atom. The van der Waals surface area contributed by atoms with Gasteiger partial charge in [-0.1, -0.05) is 17.7 Å². The molecule has 0 heterocycles. The van der Waals surface area contributed by atoms with Gasteiger partial charge in [-0.05, 0) is 58.5 Å². The number of carboxylic acids is 1. The Morgan fingerprint density at radius 3 is 1.88 bits per heavy atom. The number of nitrogens with zero attached hydrogens (tertiary/aromatic N) is 1. The predicted molar refractivity (Wildman–Crippen MR) is 69.3 cm³/mol. The Balaban J connectivity index is 3.55. The lowest BCUT2D eigenvalue weighted by Crippen LogP contribution is -2.46. The van der Waals surface area contributed by atoms with Gasteiger partial charge in [-0.15, -0.1) is 0 Å². The summed E-state index contributed by atoms with van der Waals surface area (Å²) < 4.78 is 0. The van der Waals surface area contributed by atoms with E-state index in [1.165, 1.54) is 0 Å². The van der Waals surface area contributed by atoms with E-state index in [9.17, 15) is 9.90 Å². The van der Waals surface area contributed by atoms with Crippen molar-refractivity contribution in [3.8, 4) is 0 Å². The van der Waals surface area contributed by atoms with Gasteiger partial charge in [0.25, 0.3) is 0 Å². The van der Waals surface area contributed by atoms with Gasteiger partial charge in [0.2, 0.25) is 0 Å². The van der Waals surface area contributed by atoms with Gasteiger partial charge >= 0.3 is 5.97 Å². The molecule has 0 amide bonds. The van der Waals surface area contributed by atoms with Crippen molar-refractivity contribution >= 4 is 5.97 Å². The van der Waals surface area contributed by atoms with Crippen LogP contribution in [0.5, 0.6) is 0 Å². The lowest BCUT2D eigenvalue weighted by molar-refractivity contribution is -0.149. The Bertz CT molecular complexity index is 429. The van der Waals surface area contributed by atoms with E-state index in [0.717, 1.165) is 22.3 Å². The van der Waals surface area contributed by atoms with E-state index >= 15 is 0 Å². The summed E-state index contributed by atoms with van der Waals surface area (Å²) in [6.45, 7) is 7.72. The molecule has 1 unspecified atom stereocenters. The molecule has 0 fully saturated rings. The second-order valence-electron chi connectivity index (χ2n) is 5.05. The van der Waals surface area contributed by atoms with E-state index in [0.29, 0.717) is 0 Å². The van der Waals surface area contributed by atoms with Crippen LogP contribution in [0.3, 0.4) is 0 Å². The van der Waals surface area contributed by atoms with Crippen LogP contribution >= 0.6 is 0 Å². The van der Waals surface area contributed by atoms with Crippen molar-refractivity contribution < 1.29 is 9.90 Å². The molecule has 1 aromatic rings. The van der Waals surface area contributed by atoms with Gasteiger partial charge in [0.15, 0.2) is 0 Å². The molecule has 0 saturated carbocycles. The van der Waals surface area contributed by atoms with Crippen molar-refractivity contribution in [1.82, 2.24) is 4.90 Å². The molecule has 0 aliphatic rings. The number of benzene rings is 1. The maximum absolute atomic E-state index is 11.6. The maximum Gasteiger partial charge on any atom is 0.328 e. The minimum Gasteiger partial charge on any atom is -0.480 e. The summed E-state index contributed by atoms with van der Waals surface area (Å²) in [5.41, 5.74) is 3.13. The van der Waals surface area contributed by atoms with Crippen molar-refractivity contribution in [3.05, 3.63) is 34.4 Å². The molecule has 0 aliphatic carbocycles. The quantitative estimate of drug-likeness (QED) is 0.875. The first-order valence-corrected chi connectivity index (χ1v) is 5.70. The molecule has 0 spiro atoms. The topological polar surface area (TPSA) is 40.5 Å². The van der Waals surface area contributed by atoms with Crippen LogP contribution in [0.15, 0.2) is 12.1 Å². The van der Waals surface area contributed by atoms with Gasteiger partial charge < -0.3 is 5.11 Å². The molecule has 1 aromatic carbocycles. The highest BCUT2D eigenvalue weighted by molar-refractivity contribution is 5.81. The molecular weight excluding hydrogens is 214 g/mol. The first kappa shape index (κ1) is 13.7. The Labute approximate surface area is 103 Å². The van der Waals surface area contributed by atoms with E-state index < -0.39 is 11.5 Å². The zero-order valence-corrected chi connectivity index (χ0v) is 11.5. The smallest absolute Gasteiger partial charge is 0.328 e. The first-order valence-electron chi connectivity index (χ1n) is 5.70. The molecule has 0 bridgehead atoms. The van der Waals surface area contributed by atoms with Crippen molar-refractivity contribution in [3.63, 3.8) is 0 Å². The fourth-order valence-corrected chi connectivity index (χ4v) is 2.47. The Hall–Kier alpha value is -1.35. The molecule has 17 heavy (non-hydrogen) atoms. The van der Waals surface area contributed by atoms with E-state index in [1.807, 2.05) is 32.9 Å². The van der Waals surface area contributed by atoms with Gasteiger partial charge in [0.1, 0.15) is 5.54 Å². The van der Waals surface area contributed by atoms with Crippen molar-refractivity contribution in [2.75, 3.05) is 14.1 Å². The number of hydrogen-bond acceptors (Lipinski definition) is 2. The molecule has 3 heteroatoms. The van der Waals surface area contributed by atoms with Gasteiger partial charge in [0, 0.05) is 0 Å². The predicted octanol–water partition coefficient (Wildman–Crippen LogP) is 2.47. The number of aryl methyl sites for hydroxylation is 3. The van der Waals surface area contributed by atoms with Crippen LogP contribution in [0.4, 0.5) is 0 Å². The summed E-state index contributed by atoms with van der Waals surface area (Å²) in [6.07, 6.45) is 0. The highest BCUT2D eigenvalue weighted by atomic mass is 16.4. The molecule has 1 rings (SSSR count). The highest BCUT2D eigenvalue weighted by Gasteiger charge is 2.39. The van der Waals surface area contributed by atoms with Gasteiger partial charge in [0.05, 0.1) is 0 Å². The van der Waals surface area contributed by atoms with E-state index in [4.69, 9.17) is 0 Å². The summed E-state index contributed by atoms with van der Waals surface area (Å²) in [5, 5.41) is 9.53. The fraction of sp³-hybridized carbons (Fsp3) is 0.500. The average Bonchev–Trinajstić information content (AvgIpc) is 2.14. The third-order valence-corrected chi connectivity index (χ3v) is 3.47. The fourth-order valence-electron chi connectivity index (χ4n) is 2.47. The van der Waals surface area contributed by atoms with Gasteiger partial charge in [-0.25, -0.2) is 4.79 Å². The summed E-state index contributed by atoms with van der Waals surface area (Å²) in [6, 6.07) is 4.07. The molecule has 1 N–H and O–H groups in total. The second-order valence-corrected chi connectivity index (χ2v) is 5.05. The minimum absolute atomic E-state index is 0.822. The average molecular weight is 235 g/mol. The Morgan fingerprint density at radius 2 is 1.59 bits per heavy atom. The number of aliphatic carboxylic acids is 1. The standard InChI is InChI=1S/C14H21NO2/c1-9-7-10(2)12(11(3)8-9)14(4,13(16)17)15(5)6/h7-8H,1-6H3,(H,16,17). The Kier molecular flexibility index (Phi) is 3.62. The van der Waals surface area contributed by atoms with E-state index in [2.05, 4.69) is 0 Å². The molecule has 0 aliphatic heterocycles. The normalized spacial score (nSPS) is 14.8. The monoisotopic (exact) mass is 235 g/mol. The van der Waals surface area contributed by atoms with Crippen LogP contribution in [0, 0.1) is 20.8 Å².